The van der Waals surface area contributed by atoms with Crippen LogP contribution in [-0.2, 0) is 4.79 Å². The van der Waals surface area contributed by atoms with E-state index in [-0.39, 0.29) is 23.0 Å². The van der Waals surface area contributed by atoms with Gasteiger partial charge in [-0.15, -0.1) is 0 Å². The van der Waals surface area contributed by atoms with E-state index in [1.807, 2.05) is 30.3 Å². The summed E-state index contributed by atoms with van der Waals surface area (Å²) in [6.07, 6.45) is 1.49. The number of carbonyl (C=O) groups is 2. The molecule has 0 radical (unpaired) electrons. The van der Waals surface area contributed by atoms with Crippen molar-refractivity contribution in [2.75, 3.05) is 11.9 Å². The predicted molar refractivity (Wildman–Crippen MR) is 119 cm³/mol. The number of hydrogen-bond donors (Lipinski definition) is 2. The molecule has 30 heavy (non-hydrogen) atoms. The number of anilines is 1. The first-order valence-electron chi connectivity index (χ1n) is 8.89. The molecule has 0 unspecified atom stereocenters. The second-order valence-corrected chi connectivity index (χ2v) is 6.94. The maximum Gasteiger partial charge on any atom is 0.345 e. The Balaban J connectivity index is 1.49. The van der Waals surface area contributed by atoms with E-state index >= 15 is 0 Å². The first-order valence-corrected chi connectivity index (χ1v) is 9.65. The summed E-state index contributed by atoms with van der Waals surface area (Å²) in [4.78, 5) is 24.0. The van der Waals surface area contributed by atoms with Crippen molar-refractivity contribution in [2.24, 2.45) is 5.10 Å². The summed E-state index contributed by atoms with van der Waals surface area (Å²) in [6.45, 7) is 0.101. The maximum atomic E-state index is 12.2. The van der Waals surface area contributed by atoms with Crippen LogP contribution in [0.2, 0.25) is 10.0 Å². The van der Waals surface area contributed by atoms with Gasteiger partial charge in [-0.05, 0) is 60.2 Å². The molecule has 3 rings (SSSR count). The molecule has 0 aliphatic heterocycles. The molecule has 8 heteroatoms. The third-order valence-corrected chi connectivity index (χ3v) is 4.42. The lowest BCUT2D eigenvalue weighted by Crippen LogP contribution is -2.25. The molecule has 0 atom stereocenters. The van der Waals surface area contributed by atoms with Crippen molar-refractivity contribution >= 4 is 47.0 Å². The van der Waals surface area contributed by atoms with Crippen LogP contribution < -0.4 is 15.5 Å². The van der Waals surface area contributed by atoms with Crippen LogP contribution in [-0.4, -0.2) is 24.6 Å². The SMILES string of the molecule is O=C(CNc1ccccc1)N/N=C/c1ccc(OC(=O)c2ccc(Cl)cc2Cl)cc1. The van der Waals surface area contributed by atoms with E-state index in [0.29, 0.717) is 10.8 Å². The van der Waals surface area contributed by atoms with E-state index in [2.05, 4.69) is 15.8 Å². The molecule has 0 aliphatic carbocycles. The second kappa shape index (κ2) is 10.4. The van der Waals surface area contributed by atoms with Crippen LogP contribution in [0.4, 0.5) is 5.69 Å². The van der Waals surface area contributed by atoms with Crippen molar-refractivity contribution in [2.45, 2.75) is 0 Å². The summed E-state index contributed by atoms with van der Waals surface area (Å²) in [7, 11) is 0. The number of rotatable bonds is 7. The summed E-state index contributed by atoms with van der Waals surface area (Å²) in [5.41, 5.74) is 4.23. The molecule has 0 aromatic heterocycles. The molecular formula is C22H17Cl2N3O3. The highest BCUT2D eigenvalue weighted by Gasteiger charge is 2.13. The fraction of sp³-hybridized carbons (Fsp3) is 0.0455. The zero-order valence-corrected chi connectivity index (χ0v) is 17.2. The third-order valence-electron chi connectivity index (χ3n) is 3.87. The highest BCUT2D eigenvalue weighted by Crippen LogP contribution is 2.23. The summed E-state index contributed by atoms with van der Waals surface area (Å²) in [5.74, 6) is -0.518. The van der Waals surface area contributed by atoms with Gasteiger partial charge < -0.3 is 10.1 Å². The zero-order valence-electron chi connectivity index (χ0n) is 15.6. The number of halogens is 2. The van der Waals surface area contributed by atoms with E-state index in [0.717, 1.165) is 11.3 Å². The molecule has 2 N–H and O–H groups in total. The Morgan fingerprint density at radius 2 is 1.70 bits per heavy atom. The average molecular weight is 442 g/mol. The number of para-hydroxylation sites is 1. The first kappa shape index (κ1) is 21.4. The molecule has 0 saturated carbocycles. The Bertz CT molecular complexity index is 1050. The Morgan fingerprint density at radius 1 is 0.967 bits per heavy atom. The molecule has 0 saturated heterocycles. The van der Waals surface area contributed by atoms with Gasteiger partial charge in [0, 0.05) is 10.7 Å². The lowest BCUT2D eigenvalue weighted by molar-refractivity contribution is -0.119. The van der Waals surface area contributed by atoms with Gasteiger partial charge in [-0.25, -0.2) is 10.2 Å². The summed E-state index contributed by atoms with van der Waals surface area (Å²) in [5, 5.41) is 7.55. The molecule has 3 aromatic rings. The van der Waals surface area contributed by atoms with Gasteiger partial charge >= 0.3 is 5.97 Å². The monoisotopic (exact) mass is 441 g/mol. The van der Waals surface area contributed by atoms with Gasteiger partial charge in [0.25, 0.3) is 5.91 Å². The maximum absolute atomic E-state index is 12.2. The third kappa shape index (κ3) is 6.34. The van der Waals surface area contributed by atoms with Gasteiger partial charge in [-0.2, -0.15) is 5.10 Å². The van der Waals surface area contributed by atoms with Crippen LogP contribution in [0.3, 0.4) is 0 Å². The Kier molecular flexibility index (Phi) is 7.43. The van der Waals surface area contributed by atoms with Crippen molar-refractivity contribution in [1.82, 2.24) is 5.43 Å². The number of hydrogen-bond acceptors (Lipinski definition) is 5. The van der Waals surface area contributed by atoms with Gasteiger partial charge in [0.2, 0.25) is 0 Å². The minimum absolute atomic E-state index is 0.101. The second-order valence-electron chi connectivity index (χ2n) is 6.10. The smallest absolute Gasteiger partial charge is 0.345 e. The molecule has 0 heterocycles. The van der Waals surface area contributed by atoms with Crippen LogP contribution in [0.25, 0.3) is 0 Å². The minimum Gasteiger partial charge on any atom is -0.423 e. The number of nitrogens with zero attached hydrogens (tertiary/aromatic N) is 1. The van der Waals surface area contributed by atoms with Crippen LogP contribution >= 0.6 is 23.2 Å². The molecule has 6 nitrogen and oxygen atoms in total. The number of hydrazone groups is 1. The van der Waals surface area contributed by atoms with E-state index in [1.165, 1.54) is 18.3 Å². The van der Waals surface area contributed by atoms with Crippen LogP contribution in [0.15, 0.2) is 77.9 Å². The first-order chi connectivity index (χ1) is 14.5. The van der Waals surface area contributed by atoms with E-state index < -0.39 is 5.97 Å². The van der Waals surface area contributed by atoms with Gasteiger partial charge in [0.05, 0.1) is 23.3 Å². The lowest BCUT2D eigenvalue weighted by atomic mass is 10.2. The molecule has 1 amide bonds. The van der Waals surface area contributed by atoms with E-state index in [9.17, 15) is 9.59 Å². The summed E-state index contributed by atoms with van der Waals surface area (Å²) < 4.78 is 5.30. The topological polar surface area (TPSA) is 79.8 Å². The summed E-state index contributed by atoms with van der Waals surface area (Å²) in [6, 6.07) is 20.6. The standard InChI is InChI=1S/C22H17Cl2N3O3/c23-16-8-11-19(20(24)12-16)22(29)30-18-9-6-15(7-10-18)13-26-27-21(28)14-25-17-4-2-1-3-5-17/h1-13,25H,14H2,(H,27,28)/b26-13+. The Hall–Kier alpha value is -3.35. The van der Waals surface area contributed by atoms with Crippen LogP contribution in [0, 0.1) is 0 Å². The Morgan fingerprint density at radius 3 is 2.40 bits per heavy atom. The van der Waals surface area contributed by atoms with Gasteiger partial charge in [-0.1, -0.05) is 41.4 Å². The van der Waals surface area contributed by atoms with Gasteiger partial charge in [0.1, 0.15) is 5.75 Å². The Labute approximate surface area is 183 Å². The molecule has 0 spiro atoms. The molecule has 152 valence electrons. The van der Waals surface area contributed by atoms with Crippen LogP contribution in [0.1, 0.15) is 15.9 Å². The fourth-order valence-electron chi connectivity index (χ4n) is 2.40. The highest BCUT2D eigenvalue weighted by atomic mass is 35.5. The highest BCUT2D eigenvalue weighted by molar-refractivity contribution is 6.36. The lowest BCUT2D eigenvalue weighted by Gasteiger charge is -2.06. The number of ether oxygens (including phenoxy) is 1. The van der Waals surface area contributed by atoms with E-state index in [1.54, 1.807) is 30.3 Å². The molecule has 0 aliphatic rings. The number of carbonyl (C=O) groups excluding carboxylic acids is 2. The van der Waals surface area contributed by atoms with Crippen LogP contribution in [0.5, 0.6) is 5.75 Å². The van der Waals surface area contributed by atoms with Gasteiger partial charge in [0.15, 0.2) is 0 Å². The molecular weight excluding hydrogens is 425 g/mol. The zero-order chi connectivity index (χ0) is 21.3. The number of esters is 1. The quantitative estimate of drug-likeness (QED) is 0.239. The van der Waals surface area contributed by atoms with E-state index in [4.69, 9.17) is 27.9 Å². The number of benzene rings is 3. The van der Waals surface area contributed by atoms with Crippen molar-refractivity contribution in [3.63, 3.8) is 0 Å². The largest absolute Gasteiger partial charge is 0.423 e. The van der Waals surface area contributed by atoms with Crippen molar-refractivity contribution < 1.29 is 14.3 Å². The van der Waals surface area contributed by atoms with Crippen molar-refractivity contribution in [3.05, 3.63) is 94.0 Å². The minimum atomic E-state index is -0.587. The average Bonchev–Trinajstić information content (AvgIpc) is 2.74. The number of amides is 1. The molecule has 3 aromatic carbocycles. The normalized spacial score (nSPS) is 10.6. The predicted octanol–water partition coefficient (Wildman–Crippen LogP) is 4.77. The van der Waals surface area contributed by atoms with Crippen molar-refractivity contribution in [1.29, 1.82) is 0 Å². The van der Waals surface area contributed by atoms with Gasteiger partial charge in [-0.3, -0.25) is 4.79 Å². The van der Waals surface area contributed by atoms with Crippen molar-refractivity contribution in [3.8, 4) is 5.75 Å². The fourth-order valence-corrected chi connectivity index (χ4v) is 2.88. The summed E-state index contributed by atoms with van der Waals surface area (Å²) >= 11 is 11.8. The number of nitrogens with one attached hydrogen (secondary N) is 2. The molecule has 0 fully saturated rings. The molecule has 0 bridgehead atoms.